The average molecular weight is 462 g/mol. The fourth-order valence-electron chi connectivity index (χ4n) is 4.24. The Kier molecular flexibility index (Phi) is 7.00. The molecule has 0 fully saturated rings. The molecule has 2 aliphatic heterocycles. The third-order valence-electron chi connectivity index (χ3n) is 5.96. The second-order valence-corrected chi connectivity index (χ2v) is 9.56. The van der Waals surface area contributed by atoms with Crippen molar-refractivity contribution in [1.29, 1.82) is 5.26 Å². The standard InChI is InChI=1S/C26H27N3OS2/c1-4-29-15-19(13-17-5-9-20(31-2)10-6-17)25-23(16-29)24(22(14-27)26(28)30-25)18-7-11-21(32-3)12-8-18/h5-13,24H,4,15-16,28H2,1-3H3/b19-13+/t24-/m0/s1. The smallest absolute Gasteiger partial charge is 0.205 e. The van der Waals surface area contributed by atoms with Crippen molar-refractivity contribution in [2.24, 2.45) is 5.73 Å². The Hall–Kier alpha value is -2.59. The summed E-state index contributed by atoms with van der Waals surface area (Å²) in [5.41, 5.74) is 11.2. The summed E-state index contributed by atoms with van der Waals surface area (Å²) in [6, 6.07) is 19.3. The van der Waals surface area contributed by atoms with Crippen LogP contribution < -0.4 is 5.73 Å². The summed E-state index contributed by atoms with van der Waals surface area (Å²) in [7, 11) is 0. The Morgan fingerprint density at radius 2 is 1.69 bits per heavy atom. The summed E-state index contributed by atoms with van der Waals surface area (Å²) >= 11 is 3.44. The zero-order chi connectivity index (χ0) is 22.7. The molecule has 2 heterocycles. The number of nitrogens with zero attached hydrogens (tertiary/aromatic N) is 2. The molecular weight excluding hydrogens is 434 g/mol. The normalized spacial score (nSPS) is 20.2. The van der Waals surface area contributed by atoms with Crippen LogP contribution in [-0.2, 0) is 4.74 Å². The van der Waals surface area contributed by atoms with Crippen molar-refractivity contribution >= 4 is 29.6 Å². The number of hydrogen-bond acceptors (Lipinski definition) is 6. The Morgan fingerprint density at radius 3 is 2.25 bits per heavy atom. The molecule has 164 valence electrons. The van der Waals surface area contributed by atoms with Crippen molar-refractivity contribution in [1.82, 2.24) is 4.90 Å². The van der Waals surface area contributed by atoms with E-state index in [4.69, 9.17) is 10.5 Å². The minimum atomic E-state index is -0.198. The fraction of sp³-hybridized carbons (Fsp3) is 0.269. The number of benzene rings is 2. The molecule has 6 heteroatoms. The number of nitrogens with two attached hydrogens (primary N) is 1. The molecule has 2 N–H and O–H groups in total. The summed E-state index contributed by atoms with van der Waals surface area (Å²) in [5, 5.41) is 9.93. The van der Waals surface area contributed by atoms with Crippen molar-refractivity contribution in [3.63, 3.8) is 0 Å². The Morgan fingerprint density at radius 1 is 1.06 bits per heavy atom. The molecule has 32 heavy (non-hydrogen) atoms. The van der Waals surface area contributed by atoms with Crippen molar-refractivity contribution in [3.8, 4) is 6.07 Å². The van der Waals surface area contributed by atoms with Crippen LogP contribution in [0.4, 0.5) is 0 Å². The first kappa shape index (κ1) is 22.6. The number of allylic oxidation sites excluding steroid dienone is 1. The van der Waals surface area contributed by atoms with Crippen LogP contribution in [0.1, 0.15) is 24.0 Å². The first-order valence-corrected chi connectivity index (χ1v) is 13.0. The number of thioether (sulfide) groups is 2. The van der Waals surface area contributed by atoms with E-state index in [1.807, 2.05) is 0 Å². The van der Waals surface area contributed by atoms with Gasteiger partial charge in [0, 0.05) is 28.5 Å². The van der Waals surface area contributed by atoms with E-state index in [9.17, 15) is 5.26 Å². The summed E-state index contributed by atoms with van der Waals surface area (Å²) in [6.45, 7) is 4.62. The lowest BCUT2D eigenvalue weighted by Crippen LogP contribution is -2.38. The van der Waals surface area contributed by atoms with Crippen molar-refractivity contribution in [2.45, 2.75) is 22.6 Å². The zero-order valence-electron chi connectivity index (χ0n) is 18.6. The molecule has 0 saturated heterocycles. The molecule has 0 spiro atoms. The van der Waals surface area contributed by atoms with Gasteiger partial charge >= 0.3 is 0 Å². The SMILES string of the molecule is CCN1CC2=C(OC(N)=C(C#N)[C@@H]2c2ccc(SC)cc2)/C(=C/c2ccc(SC)cc2)C1. The maximum absolute atomic E-state index is 9.93. The van der Waals surface area contributed by atoms with Gasteiger partial charge in [-0.15, -0.1) is 23.5 Å². The molecule has 0 radical (unpaired) electrons. The Bertz CT molecular complexity index is 1130. The van der Waals surface area contributed by atoms with Crippen molar-refractivity contribution < 1.29 is 4.74 Å². The van der Waals surface area contributed by atoms with Gasteiger partial charge < -0.3 is 10.5 Å². The molecule has 0 unspecified atom stereocenters. The van der Waals surface area contributed by atoms with E-state index in [0.717, 1.165) is 47.7 Å². The number of likely N-dealkylation sites (N-methyl/N-ethyl adjacent to an activating group) is 1. The van der Waals surface area contributed by atoms with Gasteiger partial charge in [0.25, 0.3) is 0 Å². The summed E-state index contributed by atoms with van der Waals surface area (Å²) in [6.07, 6.45) is 6.32. The fourth-order valence-corrected chi connectivity index (χ4v) is 5.06. The monoisotopic (exact) mass is 461 g/mol. The van der Waals surface area contributed by atoms with E-state index in [2.05, 4.69) is 85.0 Å². The van der Waals surface area contributed by atoms with E-state index in [1.165, 1.54) is 9.79 Å². The number of nitriles is 1. The highest BCUT2D eigenvalue weighted by molar-refractivity contribution is 7.98. The number of rotatable bonds is 5. The lowest BCUT2D eigenvalue weighted by Gasteiger charge is -2.38. The van der Waals surface area contributed by atoms with Gasteiger partial charge in [-0.2, -0.15) is 5.26 Å². The topological polar surface area (TPSA) is 62.3 Å². The van der Waals surface area contributed by atoms with Crippen LogP contribution in [0.5, 0.6) is 0 Å². The minimum absolute atomic E-state index is 0.198. The molecule has 2 aromatic rings. The van der Waals surface area contributed by atoms with Gasteiger partial charge in [0.1, 0.15) is 17.4 Å². The van der Waals surface area contributed by atoms with Crippen molar-refractivity contribution in [2.75, 3.05) is 32.1 Å². The number of hydrogen-bond donors (Lipinski definition) is 1. The third kappa shape index (κ3) is 4.47. The van der Waals surface area contributed by atoms with Crippen molar-refractivity contribution in [3.05, 3.63) is 88.0 Å². The number of ether oxygens (including phenoxy) is 1. The van der Waals surface area contributed by atoms with E-state index < -0.39 is 0 Å². The largest absolute Gasteiger partial charge is 0.440 e. The molecule has 4 nitrogen and oxygen atoms in total. The predicted octanol–water partition coefficient (Wildman–Crippen LogP) is 5.61. The Labute approximate surface area is 198 Å². The van der Waals surface area contributed by atoms with E-state index in [-0.39, 0.29) is 11.8 Å². The zero-order valence-corrected chi connectivity index (χ0v) is 20.2. The van der Waals surface area contributed by atoms with E-state index >= 15 is 0 Å². The molecule has 0 aliphatic carbocycles. The van der Waals surface area contributed by atoms with Gasteiger partial charge in [0.05, 0.1) is 5.92 Å². The molecule has 1 atom stereocenters. The molecule has 2 aliphatic rings. The maximum Gasteiger partial charge on any atom is 0.205 e. The first-order valence-electron chi connectivity index (χ1n) is 10.6. The summed E-state index contributed by atoms with van der Waals surface area (Å²) in [5.74, 6) is 0.828. The van der Waals surface area contributed by atoms with Crippen LogP contribution in [-0.4, -0.2) is 37.0 Å². The van der Waals surface area contributed by atoms with Gasteiger partial charge in [-0.25, -0.2) is 0 Å². The molecule has 0 aromatic heterocycles. The Balaban J connectivity index is 1.82. The van der Waals surface area contributed by atoms with Gasteiger partial charge in [-0.1, -0.05) is 31.2 Å². The second kappa shape index (κ2) is 9.91. The predicted molar refractivity (Wildman–Crippen MR) is 134 cm³/mol. The maximum atomic E-state index is 9.93. The highest BCUT2D eigenvalue weighted by Crippen LogP contribution is 2.44. The molecular formula is C26H27N3OS2. The van der Waals surface area contributed by atoms with E-state index in [1.54, 1.807) is 23.5 Å². The molecule has 0 bridgehead atoms. The van der Waals surface area contributed by atoms with Gasteiger partial charge in [0.15, 0.2) is 0 Å². The third-order valence-corrected chi connectivity index (χ3v) is 7.45. The highest BCUT2D eigenvalue weighted by Gasteiger charge is 2.37. The van der Waals surface area contributed by atoms with Gasteiger partial charge in [-0.3, -0.25) is 4.90 Å². The lowest BCUT2D eigenvalue weighted by atomic mass is 9.80. The quantitative estimate of drug-likeness (QED) is 0.584. The van der Waals surface area contributed by atoms with Crippen LogP contribution >= 0.6 is 23.5 Å². The van der Waals surface area contributed by atoms with Gasteiger partial charge in [0.2, 0.25) is 5.88 Å². The average Bonchev–Trinajstić information content (AvgIpc) is 2.84. The van der Waals surface area contributed by atoms with Gasteiger partial charge in [-0.05, 0) is 66.1 Å². The lowest BCUT2D eigenvalue weighted by molar-refractivity contribution is 0.239. The first-order chi connectivity index (χ1) is 15.6. The molecule has 0 amide bonds. The molecule has 2 aromatic carbocycles. The summed E-state index contributed by atoms with van der Waals surface area (Å²) < 4.78 is 6.12. The summed E-state index contributed by atoms with van der Waals surface area (Å²) in [4.78, 5) is 4.81. The van der Waals surface area contributed by atoms with Crippen LogP contribution in [0.15, 0.2) is 86.7 Å². The van der Waals surface area contributed by atoms with E-state index in [0.29, 0.717) is 5.57 Å². The molecule has 0 saturated carbocycles. The van der Waals surface area contributed by atoms with Crippen LogP contribution in [0, 0.1) is 11.3 Å². The van der Waals surface area contributed by atoms with Crippen LogP contribution in [0.25, 0.3) is 6.08 Å². The van der Waals surface area contributed by atoms with Crippen LogP contribution in [0.3, 0.4) is 0 Å². The van der Waals surface area contributed by atoms with Crippen LogP contribution in [0.2, 0.25) is 0 Å². The second-order valence-electron chi connectivity index (χ2n) is 7.80. The minimum Gasteiger partial charge on any atom is -0.440 e. The molecule has 4 rings (SSSR count). The highest BCUT2D eigenvalue weighted by atomic mass is 32.2.